The zero-order valence-electron chi connectivity index (χ0n) is 17.5. The number of aromatic nitrogens is 3. The fraction of sp³-hybridized carbons (Fsp3) is 0.120. The van der Waals surface area contributed by atoms with Crippen LogP contribution in [0.3, 0.4) is 0 Å². The van der Waals surface area contributed by atoms with Gasteiger partial charge < -0.3 is 14.8 Å². The van der Waals surface area contributed by atoms with Crippen molar-refractivity contribution in [2.45, 2.75) is 12.1 Å². The third kappa shape index (κ3) is 3.06. The number of benzene rings is 3. The highest BCUT2D eigenvalue weighted by Crippen LogP contribution is 2.51. The molecule has 0 saturated carbocycles. The van der Waals surface area contributed by atoms with Crippen LogP contribution in [0.25, 0.3) is 5.70 Å². The minimum absolute atomic E-state index is 0.346. The molecule has 0 fully saturated rings. The van der Waals surface area contributed by atoms with Crippen molar-refractivity contribution in [1.29, 1.82) is 0 Å². The van der Waals surface area contributed by atoms with Gasteiger partial charge in [-0.25, -0.2) is 13.5 Å². The van der Waals surface area contributed by atoms with Crippen molar-refractivity contribution in [3.05, 3.63) is 107 Å². The third-order valence-electron chi connectivity index (χ3n) is 5.99. The molecule has 4 aromatic rings. The lowest BCUT2D eigenvalue weighted by Gasteiger charge is -2.39. The van der Waals surface area contributed by atoms with Crippen molar-refractivity contribution in [1.82, 2.24) is 14.8 Å². The van der Waals surface area contributed by atoms with Gasteiger partial charge in [0.05, 0.1) is 12.8 Å². The molecule has 0 spiro atoms. The van der Waals surface area contributed by atoms with Gasteiger partial charge in [-0.15, -0.1) is 0 Å². The van der Waals surface area contributed by atoms with E-state index in [1.165, 1.54) is 24.5 Å². The van der Waals surface area contributed by atoms with Crippen LogP contribution in [0.1, 0.15) is 28.8 Å². The van der Waals surface area contributed by atoms with Crippen LogP contribution in [0.2, 0.25) is 0 Å². The standard InChI is InChI=1S/C25H18F2N4O2/c1-32-16-10-11-20-18(12-16)22-21(24(33-20)17-4-2-3-5-19(17)27)23(14-6-8-15(26)9-7-14)31-25(30-22)28-13-29-31/h2-13,23-24H,1H3,(H,28,29,30)/t23-,24+/m1/s1. The van der Waals surface area contributed by atoms with Crippen LogP contribution in [-0.2, 0) is 0 Å². The Morgan fingerprint density at radius 2 is 1.85 bits per heavy atom. The summed E-state index contributed by atoms with van der Waals surface area (Å²) in [5.41, 5.74) is 3.40. The summed E-state index contributed by atoms with van der Waals surface area (Å²) in [6.45, 7) is 0. The minimum atomic E-state index is -0.748. The predicted octanol–water partition coefficient (Wildman–Crippen LogP) is 5.12. The van der Waals surface area contributed by atoms with Gasteiger partial charge in [-0.2, -0.15) is 10.1 Å². The van der Waals surface area contributed by atoms with Crippen LogP contribution >= 0.6 is 0 Å². The molecule has 1 N–H and O–H groups in total. The highest BCUT2D eigenvalue weighted by molar-refractivity contribution is 5.85. The summed E-state index contributed by atoms with van der Waals surface area (Å²) < 4.78 is 42.3. The monoisotopic (exact) mass is 444 g/mol. The summed E-state index contributed by atoms with van der Waals surface area (Å²) in [4.78, 5) is 4.36. The van der Waals surface area contributed by atoms with Gasteiger partial charge in [-0.3, -0.25) is 0 Å². The van der Waals surface area contributed by atoms with Crippen molar-refractivity contribution >= 4 is 11.6 Å². The Balaban J connectivity index is 1.65. The molecule has 2 aliphatic rings. The molecule has 8 heteroatoms. The Kier molecular flexibility index (Phi) is 4.39. The maximum atomic E-state index is 15.0. The zero-order valence-corrected chi connectivity index (χ0v) is 17.5. The smallest absolute Gasteiger partial charge is 0.226 e. The van der Waals surface area contributed by atoms with Crippen molar-refractivity contribution in [2.24, 2.45) is 0 Å². The summed E-state index contributed by atoms with van der Waals surface area (Å²) in [6, 6.07) is 17.7. The molecule has 6 nitrogen and oxygen atoms in total. The van der Waals surface area contributed by atoms with Gasteiger partial charge in [0.25, 0.3) is 0 Å². The number of halogens is 2. The average molecular weight is 444 g/mol. The van der Waals surface area contributed by atoms with Gasteiger partial charge in [-0.1, -0.05) is 30.3 Å². The lowest BCUT2D eigenvalue weighted by Crippen LogP contribution is -2.32. The van der Waals surface area contributed by atoms with E-state index in [1.807, 2.05) is 6.07 Å². The van der Waals surface area contributed by atoms with Crippen molar-refractivity contribution in [2.75, 3.05) is 12.4 Å². The van der Waals surface area contributed by atoms with E-state index in [-0.39, 0.29) is 11.6 Å². The van der Waals surface area contributed by atoms with Gasteiger partial charge in [0, 0.05) is 16.7 Å². The second kappa shape index (κ2) is 7.44. The van der Waals surface area contributed by atoms with E-state index in [0.29, 0.717) is 23.0 Å². The van der Waals surface area contributed by atoms with E-state index in [2.05, 4.69) is 15.4 Å². The van der Waals surface area contributed by atoms with Crippen LogP contribution in [0, 0.1) is 11.6 Å². The molecule has 33 heavy (non-hydrogen) atoms. The highest BCUT2D eigenvalue weighted by Gasteiger charge is 2.41. The first kappa shape index (κ1) is 19.5. The molecule has 164 valence electrons. The van der Waals surface area contributed by atoms with Crippen molar-refractivity contribution < 1.29 is 18.3 Å². The van der Waals surface area contributed by atoms with E-state index in [9.17, 15) is 4.39 Å². The molecule has 2 atom stereocenters. The maximum absolute atomic E-state index is 15.0. The Hall–Kier alpha value is -4.20. The maximum Gasteiger partial charge on any atom is 0.226 e. The van der Waals surface area contributed by atoms with Gasteiger partial charge in [0.2, 0.25) is 5.95 Å². The molecule has 0 aliphatic carbocycles. The Labute approximate surface area is 188 Å². The second-order valence-corrected chi connectivity index (χ2v) is 7.82. The molecule has 2 aliphatic heterocycles. The second-order valence-electron chi connectivity index (χ2n) is 7.82. The van der Waals surface area contributed by atoms with Gasteiger partial charge >= 0.3 is 0 Å². The molecular weight excluding hydrogens is 426 g/mol. The molecule has 6 rings (SSSR count). The van der Waals surface area contributed by atoms with Gasteiger partial charge in [-0.05, 0) is 42.0 Å². The Bertz CT molecular complexity index is 1400. The lowest BCUT2D eigenvalue weighted by molar-refractivity contribution is 0.217. The number of hydrogen-bond donors (Lipinski definition) is 1. The minimum Gasteiger partial charge on any atom is -0.497 e. The summed E-state index contributed by atoms with van der Waals surface area (Å²) in [5.74, 6) is 1.03. The van der Waals surface area contributed by atoms with Crippen LogP contribution in [-0.4, -0.2) is 21.9 Å². The van der Waals surface area contributed by atoms with Crippen LogP contribution in [0.15, 0.2) is 78.6 Å². The quantitative estimate of drug-likeness (QED) is 0.475. The Morgan fingerprint density at radius 1 is 1.03 bits per heavy atom. The van der Waals surface area contributed by atoms with E-state index in [4.69, 9.17) is 9.47 Å². The number of anilines is 1. The lowest BCUT2D eigenvalue weighted by atomic mass is 9.84. The molecule has 3 heterocycles. The summed E-state index contributed by atoms with van der Waals surface area (Å²) >= 11 is 0. The Morgan fingerprint density at radius 3 is 2.64 bits per heavy atom. The number of ether oxygens (including phenoxy) is 2. The number of hydrogen-bond acceptors (Lipinski definition) is 5. The molecule has 0 bridgehead atoms. The topological polar surface area (TPSA) is 61.2 Å². The third-order valence-corrected chi connectivity index (χ3v) is 5.99. The molecule has 0 unspecified atom stereocenters. The highest BCUT2D eigenvalue weighted by atomic mass is 19.1. The fourth-order valence-corrected chi connectivity index (χ4v) is 4.49. The first-order chi connectivity index (χ1) is 16.1. The molecule has 0 saturated heterocycles. The molecule has 3 aromatic carbocycles. The molecular formula is C25H18F2N4O2. The summed E-state index contributed by atoms with van der Waals surface area (Å²) in [6.07, 6.45) is 0.699. The van der Waals surface area contributed by atoms with E-state index < -0.39 is 12.1 Å². The van der Waals surface area contributed by atoms with E-state index >= 15 is 4.39 Å². The molecule has 1 aromatic heterocycles. The first-order valence-electron chi connectivity index (χ1n) is 10.4. The van der Waals surface area contributed by atoms with Gasteiger partial charge in [0.15, 0.2) is 6.10 Å². The van der Waals surface area contributed by atoms with Crippen molar-refractivity contribution in [3.8, 4) is 11.5 Å². The summed E-state index contributed by atoms with van der Waals surface area (Å²) in [7, 11) is 1.59. The predicted molar refractivity (Wildman–Crippen MR) is 118 cm³/mol. The number of rotatable bonds is 3. The first-order valence-corrected chi connectivity index (χ1v) is 10.4. The number of fused-ring (bicyclic) bond motifs is 3. The van der Waals surface area contributed by atoms with Crippen LogP contribution < -0.4 is 14.8 Å². The van der Waals surface area contributed by atoms with Crippen molar-refractivity contribution in [3.63, 3.8) is 0 Å². The average Bonchev–Trinajstić information content (AvgIpc) is 3.31. The largest absolute Gasteiger partial charge is 0.497 e. The molecule has 0 radical (unpaired) electrons. The summed E-state index contributed by atoms with van der Waals surface area (Å²) in [5, 5.41) is 7.76. The number of methoxy groups -OCH3 is 1. The van der Waals surface area contributed by atoms with E-state index in [1.54, 1.807) is 54.3 Å². The fourth-order valence-electron chi connectivity index (χ4n) is 4.49. The van der Waals surface area contributed by atoms with Gasteiger partial charge in [0.1, 0.15) is 35.5 Å². The molecule has 0 amide bonds. The van der Waals surface area contributed by atoms with E-state index in [0.717, 1.165) is 22.4 Å². The number of nitrogens with zero attached hydrogens (tertiary/aromatic N) is 3. The SMILES string of the molecule is COc1ccc2c(c1)C1=C([C@H](c3ccccc3F)O2)[C@@H](c2ccc(F)cc2)n2ncnc2N1. The normalized spacial score (nSPS) is 18.5. The van der Waals surface area contributed by atoms with Crippen LogP contribution in [0.4, 0.5) is 14.7 Å². The number of nitrogens with one attached hydrogen (secondary N) is 1. The zero-order chi connectivity index (χ0) is 22.5. The van der Waals surface area contributed by atoms with Crippen LogP contribution in [0.5, 0.6) is 11.5 Å².